The molecule has 1 fully saturated rings. The highest BCUT2D eigenvalue weighted by atomic mass is 35.5. The lowest BCUT2D eigenvalue weighted by atomic mass is 9.73. The molecule has 2 unspecified atom stereocenters. The second kappa shape index (κ2) is 7.60. The average Bonchev–Trinajstić information content (AvgIpc) is 3.16. The lowest BCUT2D eigenvalue weighted by Crippen LogP contribution is -2.45. The smallest absolute Gasteiger partial charge is 0.335 e. The average molecular weight is 425 g/mol. The lowest BCUT2D eigenvalue weighted by Gasteiger charge is -2.38. The van der Waals surface area contributed by atoms with Gasteiger partial charge in [0, 0.05) is 11.5 Å². The molecule has 0 amide bonds. The summed E-state index contributed by atoms with van der Waals surface area (Å²) >= 11 is 6.34. The zero-order valence-electron chi connectivity index (χ0n) is 16.6. The van der Waals surface area contributed by atoms with Crippen molar-refractivity contribution in [1.29, 1.82) is 0 Å². The van der Waals surface area contributed by atoms with Crippen molar-refractivity contribution in [3.05, 3.63) is 58.1 Å². The summed E-state index contributed by atoms with van der Waals surface area (Å²) in [4.78, 5) is 11.4. The number of carboxylic acids is 1. The first-order valence-electron chi connectivity index (χ1n) is 10.5. The van der Waals surface area contributed by atoms with Gasteiger partial charge in [0.25, 0.3) is 0 Å². The van der Waals surface area contributed by atoms with Crippen LogP contribution in [0.3, 0.4) is 0 Å². The monoisotopic (exact) mass is 424 g/mol. The van der Waals surface area contributed by atoms with E-state index in [1.165, 1.54) is 0 Å². The second-order valence-electron chi connectivity index (χ2n) is 8.44. The van der Waals surface area contributed by atoms with E-state index in [2.05, 4.69) is 10.3 Å². The van der Waals surface area contributed by atoms with Gasteiger partial charge < -0.3 is 16.2 Å². The number of aromatic carboxylic acids is 1. The van der Waals surface area contributed by atoms with Crippen LogP contribution in [0.5, 0.6) is 0 Å². The summed E-state index contributed by atoms with van der Waals surface area (Å²) in [6, 6.07) is 11.4. The van der Waals surface area contributed by atoms with Gasteiger partial charge in [-0.1, -0.05) is 17.7 Å². The van der Waals surface area contributed by atoms with Crippen LogP contribution in [0.25, 0.3) is 0 Å². The summed E-state index contributed by atoms with van der Waals surface area (Å²) in [5, 5.41) is 20.6. The third-order valence-electron chi connectivity index (χ3n) is 6.73. The number of fused-ring (bicyclic) bond motifs is 3. The Kier molecular flexibility index (Phi) is 4.91. The van der Waals surface area contributed by atoms with Crippen LogP contribution in [0, 0.1) is 11.8 Å². The van der Waals surface area contributed by atoms with Crippen LogP contribution >= 0.6 is 11.6 Å². The summed E-state index contributed by atoms with van der Waals surface area (Å²) < 4.78 is 0. The maximum atomic E-state index is 11.4. The number of rotatable bonds is 3. The molecule has 3 aliphatic rings. The number of nitrogens with one attached hydrogen (secondary N) is 1. The highest BCUT2D eigenvalue weighted by molar-refractivity contribution is 6.33. The van der Waals surface area contributed by atoms with E-state index in [1.807, 2.05) is 24.3 Å². The van der Waals surface area contributed by atoms with E-state index in [0.29, 0.717) is 28.1 Å². The normalized spacial score (nSPS) is 23.6. The number of anilines is 2. The number of hydrogen-bond donors (Lipinski definition) is 3. The fourth-order valence-corrected chi connectivity index (χ4v) is 5.42. The van der Waals surface area contributed by atoms with E-state index in [4.69, 9.17) is 22.4 Å². The molecule has 0 spiro atoms. The molecule has 156 valence electrons. The Balaban J connectivity index is 1.58. The molecule has 2 aliphatic heterocycles. The van der Waals surface area contributed by atoms with Gasteiger partial charge in [-0.25, -0.2) is 4.79 Å². The molecule has 0 aromatic heterocycles. The molecule has 2 aromatic carbocycles. The minimum atomic E-state index is -0.890. The molecule has 1 aliphatic carbocycles. The van der Waals surface area contributed by atoms with Gasteiger partial charge in [-0.15, -0.1) is 0 Å². The highest BCUT2D eigenvalue weighted by Gasteiger charge is 2.45. The Morgan fingerprint density at radius 3 is 2.70 bits per heavy atom. The number of halogens is 1. The van der Waals surface area contributed by atoms with Crippen LogP contribution in [-0.4, -0.2) is 35.9 Å². The number of nitrogens with two attached hydrogens (primary N) is 1. The quantitative estimate of drug-likeness (QED) is 0.652. The Morgan fingerprint density at radius 2 is 1.97 bits per heavy atom. The van der Waals surface area contributed by atoms with Crippen molar-refractivity contribution in [3.8, 4) is 0 Å². The van der Waals surface area contributed by atoms with Crippen LogP contribution in [0.1, 0.15) is 40.7 Å². The molecular weight excluding hydrogens is 400 g/mol. The van der Waals surface area contributed by atoms with Gasteiger partial charge in [-0.05, 0) is 80.6 Å². The molecule has 2 heterocycles. The van der Waals surface area contributed by atoms with E-state index < -0.39 is 5.97 Å². The van der Waals surface area contributed by atoms with Crippen LogP contribution in [0.15, 0.2) is 41.5 Å². The Labute approximate surface area is 180 Å². The molecule has 5 rings (SSSR count). The number of carboxylic acid groups (broad SMARTS) is 1. The number of nitrogen functional groups attached to an aromatic ring is 1. The minimum absolute atomic E-state index is 0.272. The maximum Gasteiger partial charge on any atom is 0.335 e. The lowest BCUT2D eigenvalue weighted by molar-refractivity contribution is 0.0696. The molecule has 2 aromatic rings. The van der Waals surface area contributed by atoms with Gasteiger partial charge in [0.2, 0.25) is 0 Å². The van der Waals surface area contributed by atoms with E-state index in [0.717, 1.165) is 61.3 Å². The molecule has 4 N–H and O–H groups in total. The van der Waals surface area contributed by atoms with Gasteiger partial charge in [-0.2, -0.15) is 5.10 Å². The molecule has 0 radical (unpaired) electrons. The zero-order chi connectivity index (χ0) is 20.8. The first-order chi connectivity index (χ1) is 14.5. The SMILES string of the molecule is Nc1ccc(N2N=C3c4ccc(C(=O)O)cc4CCC3C2C2CCNCC2)cc1Cl. The van der Waals surface area contributed by atoms with Crippen molar-refractivity contribution in [3.63, 3.8) is 0 Å². The molecule has 0 bridgehead atoms. The largest absolute Gasteiger partial charge is 0.478 e. The van der Waals surface area contributed by atoms with Crippen molar-refractivity contribution in [1.82, 2.24) is 5.32 Å². The third-order valence-corrected chi connectivity index (χ3v) is 7.06. The maximum absolute atomic E-state index is 11.4. The Morgan fingerprint density at radius 1 is 1.17 bits per heavy atom. The minimum Gasteiger partial charge on any atom is -0.478 e. The van der Waals surface area contributed by atoms with E-state index >= 15 is 0 Å². The molecule has 2 atom stereocenters. The van der Waals surface area contributed by atoms with Crippen LogP contribution < -0.4 is 16.1 Å². The van der Waals surface area contributed by atoms with Gasteiger partial charge >= 0.3 is 5.97 Å². The van der Waals surface area contributed by atoms with Crippen molar-refractivity contribution in [2.24, 2.45) is 16.9 Å². The fraction of sp³-hybridized carbons (Fsp3) is 0.391. The first kappa shape index (κ1) is 19.4. The van der Waals surface area contributed by atoms with E-state index in [-0.39, 0.29) is 6.04 Å². The van der Waals surface area contributed by atoms with Crippen molar-refractivity contribution in [2.45, 2.75) is 31.7 Å². The van der Waals surface area contributed by atoms with Gasteiger partial charge in [0.1, 0.15) is 0 Å². The highest BCUT2D eigenvalue weighted by Crippen LogP contribution is 2.43. The second-order valence-corrected chi connectivity index (χ2v) is 8.84. The molecule has 30 heavy (non-hydrogen) atoms. The van der Waals surface area contributed by atoms with Gasteiger partial charge in [-0.3, -0.25) is 5.01 Å². The molecule has 0 saturated carbocycles. The predicted octanol–water partition coefficient (Wildman–Crippen LogP) is 3.78. The number of piperidine rings is 1. The molecule has 6 nitrogen and oxygen atoms in total. The standard InChI is InChI=1S/C23H25ClN4O2/c24-19-12-16(3-6-20(19)25)28-22(13-7-9-26-10-8-13)18-5-1-14-11-15(23(29)30)2-4-17(14)21(18)27-28/h2-4,6,11-13,18,22,26H,1,5,7-10,25H2,(H,29,30). The first-order valence-corrected chi connectivity index (χ1v) is 10.9. The predicted molar refractivity (Wildman–Crippen MR) is 119 cm³/mol. The summed E-state index contributed by atoms with van der Waals surface area (Å²) in [6.45, 7) is 2.05. The summed E-state index contributed by atoms with van der Waals surface area (Å²) in [7, 11) is 0. The van der Waals surface area contributed by atoms with Crippen LogP contribution in [0.2, 0.25) is 5.02 Å². The number of aryl methyl sites for hydroxylation is 1. The van der Waals surface area contributed by atoms with E-state index in [1.54, 1.807) is 12.1 Å². The number of nitrogens with zero attached hydrogens (tertiary/aromatic N) is 2. The number of hydrazone groups is 1. The zero-order valence-corrected chi connectivity index (χ0v) is 17.4. The van der Waals surface area contributed by atoms with E-state index in [9.17, 15) is 9.90 Å². The summed E-state index contributed by atoms with van der Waals surface area (Å²) in [6.07, 6.45) is 4.09. The van der Waals surface area contributed by atoms with Crippen molar-refractivity contribution in [2.75, 3.05) is 23.8 Å². The van der Waals surface area contributed by atoms with Crippen LogP contribution in [0.4, 0.5) is 11.4 Å². The van der Waals surface area contributed by atoms with Gasteiger partial charge in [0.05, 0.1) is 33.7 Å². The summed E-state index contributed by atoms with van der Waals surface area (Å²) in [5.41, 5.74) is 11.0. The summed E-state index contributed by atoms with van der Waals surface area (Å²) in [5.74, 6) is -0.0275. The topological polar surface area (TPSA) is 91.0 Å². The number of hydrogen-bond acceptors (Lipinski definition) is 5. The third kappa shape index (κ3) is 3.24. The molecule has 1 saturated heterocycles. The Bertz CT molecular complexity index is 1030. The van der Waals surface area contributed by atoms with Crippen molar-refractivity contribution >= 4 is 34.7 Å². The Hall–Kier alpha value is -2.57. The molecule has 7 heteroatoms. The number of benzene rings is 2. The molecular formula is C23H25ClN4O2. The fourth-order valence-electron chi connectivity index (χ4n) is 5.25. The number of carbonyl (C=O) groups is 1. The van der Waals surface area contributed by atoms with Crippen LogP contribution in [-0.2, 0) is 6.42 Å². The van der Waals surface area contributed by atoms with Crippen molar-refractivity contribution < 1.29 is 9.90 Å². The van der Waals surface area contributed by atoms with Gasteiger partial charge in [0.15, 0.2) is 0 Å².